The third-order valence-corrected chi connectivity index (χ3v) is 8.57. The van der Waals surface area contributed by atoms with Gasteiger partial charge in [-0.3, -0.25) is 4.79 Å². The minimum atomic E-state index is -2.96. The number of aromatic nitrogens is 1. The monoisotopic (exact) mass is 441 g/mol. The average molecular weight is 442 g/mol. The number of hydrogen-bond donors (Lipinski definition) is 1. The molecule has 0 radical (unpaired) electrons. The van der Waals surface area contributed by atoms with E-state index in [2.05, 4.69) is 48.4 Å². The first-order valence-corrected chi connectivity index (χ1v) is 12.7. The molecule has 1 aromatic carbocycles. The third-order valence-electron chi connectivity index (χ3n) is 6.85. The number of pyridine rings is 1. The zero-order chi connectivity index (χ0) is 22.2. The van der Waals surface area contributed by atoms with Crippen molar-refractivity contribution >= 4 is 21.6 Å². The van der Waals surface area contributed by atoms with Crippen molar-refractivity contribution in [1.82, 2.24) is 9.88 Å². The van der Waals surface area contributed by atoms with Crippen molar-refractivity contribution in [2.24, 2.45) is 5.92 Å². The standard InChI is InChI=1S/C24H31N3O3S/c1-24(2)20-7-5-4-6-19(20)14-21(24)26-22-9-8-17(15-25-22)16-27(3)23(28)18-10-12-31(29,30)13-11-18/h4-9,15,18,21H,10-14,16H2,1-3H3,(H,25,26). The van der Waals surface area contributed by atoms with Crippen LogP contribution in [-0.2, 0) is 33.0 Å². The van der Waals surface area contributed by atoms with Crippen LogP contribution in [0.15, 0.2) is 42.6 Å². The Morgan fingerprint density at radius 3 is 2.52 bits per heavy atom. The molecule has 2 aliphatic rings. The maximum absolute atomic E-state index is 12.7. The van der Waals surface area contributed by atoms with Crippen molar-refractivity contribution in [3.63, 3.8) is 0 Å². The summed E-state index contributed by atoms with van der Waals surface area (Å²) in [6.45, 7) is 5.00. The number of amides is 1. The summed E-state index contributed by atoms with van der Waals surface area (Å²) in [5.74, 6) is 0.874. The lowest BCUT2D eigenvalue weighted by Crippen LogP contribution is -2.37. The number of rotatable bonds is 5. The number of nitrogens with one attached hydrogen (secondary N) is 1. The second-order valence-electron chi connectivity index (χ2n) is 9.45. The van der Waals surface area contributed by atoms with Gasteiger partial charge in [-0.15, -0.1) is 0 Å². The quantitative estimate of drug-likeness (QED) is 0.771. The van der Waals surface area contributed by atoms with Gasteiger partial charge in [-0.2, -0.15) is 0 Å². The van der Waals surface area contributed by atoms with Gasteiger partial charge in [-0.05, 0) is 42.0 Å². The lowest BCUT2D eigenvalue weighted by molar-refractivity contribution is -0.135. The van der Waals surface area contributed by atoms with E-state index in [1.165, 1.54) is 11.1 Å². The van der Waals surface area contributed by atoms with Crippen molar-refractivity contribution in [2.45, 2.75) is 51.1 Å². The summed E-state index contributed by atoms with van der Waals surface area (Å²) >= 11 is 0. The normalized spacial score (nSPS) is 22.0. The first-order chi connectivity index (χ1) is 14.7. The molecule has 2 aromatic rings. The molecule has 1 aromatic heterocycles. The van der Waals surface area contributed by atoms with E-state index < -0.39 is 9.84 Å². The van der Waals surface area contributed by atoms with Crippen molar-refractivity contribution in [3.05, 3.63) is 59.3 Å². The van der Waals surface area contributed by atoms with E-state index in [0.717, 1.165) is 17.8 Å². The molecule has 0 saturated carbocycles. The van der Waals surface area contributed by atoms with Crippen LogP contribution in [0.2, 0.25) is 0 Å². The summed E-state index contributed by atoms with van der Waals surface area (Å²) in [4.78, 5) is 19.0. The topological polar surface area (TPSA) is 79.4 Å². The molecule has 1 aliphatic carbocycles. The van der Waals surface area contributed by atoms with Crippen LogP contribution in [0, 0.1) is 5.92 Å². The molecular formula is C24H31N3O3S. The van der Waals surface area contributed by atoms with Crippen LogP contribution < -0.4 is 5.32 Å². The molecule has 1 fully saturated rings. The minimum Gasteiger partial charge on any atom is -0.366 e. The van der Waals surface area contributed by atoms with E-state index in [4.69, 9.17) is 0 Å². The highest BCUT2D eigenvalue weighted by Gasteiger charge is 2.39. The fraction of sp³-hybridized carbons (Fsp3) is 0.500. The molecular weight excluding hydrogens is 410 g/mol. The smallest absolute Gasteiger partial charge is 0.225 e. The Morgan fingerprint density at radius 2 is 1.87 bits per heavy atom. The van der Waals surface area contributed by atoms with Crippen molar-refractivity contribution < 1.29 is 13.2 Å². The highest BCUT2D eigenvalue weighted by molar-refractivity contribution is 7.91. The number of hydrogen-bond acceptors (Lipinski definition) is 5. The average Bonchev–Trinajstić information content (AvgIpc) is 2.99. The van der Waals surface area contributed by atoms with Gasteiger partial charge in [0.05, 0.1) is 11.5 Å². The second-order valence-corrected chi connectivity index (χ2v) is 11.8. The minimum absolute atomic E-state index is 0.0163. The molecule has 6 nitrogen and oxygen atoms in total. The predicted octanol–water partition coefficient (Wildman–Crippen LogP) is 3.18. The van der Waals surface area contributed by atoms with Crippen molar-refractivity contribution in [1.29, 1.82) is 0 Å². The number of carbonyl (C=O) groups excluding carboxylic acids is 1. The Bertz CT molecular complexity index is 1050. The van der Waals surface area contributed by atoms with E-state index in [9.17, 15) is 13.2 Å². The molecule has 166 valence electrons. The molecule has 1 saturated heterocycles. The number of nitrogens with zero attached hydrogens (tertiary/aromatic N) is 2. The Hall–Kier alpha value is -2.41. The SMILES string of the molecule is CN(Cc1ccc(NC2Cc3ccccc3C2(C)C)nc1)C(=O)C1CCS(=O)(=O)CC1. The van der Waals surface area contributed by atoms with Crippen LogP contribution in [-0.4, -0.2) is 48.8 Å². The molecule has 0 spiro atoms. The number of carbonyl (C=O) groups is 1. The Kier molecular flexibility index (Phi) is 5.81. The van der Waals surface area contributed by atoms with Gasteiger partial charge in [0.25, 0.3) is 0 Å². The number of sulfone groups is 1. The van der Waals surface area contributed by atoms with Crippen LogP contribution in [0.5, 0.6) is 0 Å². The maximum atomic E-state index is 12.7. The first-order valence-electron chi connectivity index (χ1n) is 10.9. The van der Waals surface area contributed by atoms with Crippen LogP contribution in [0.4, 0.5) is 5.82 Å². The third kappa shape index (κ3) is 4.61. The lowest BCUT2D eigenvalue weighted by Gasteiger charge is -2.29. The molecule has 1 aliphatic heterocycles. The molecule has 1 N–H and O–H groups in total. The largest absolute Gasteiger partial charge is 0.366 e. The summed E-state index contributed by atoms with van der Waals surface area (Å²) in [5.41, 5.74) is 3.76. The highest BCUT2D eigenvalue weighted by Crippen LogP contribution is 2.39. The fourth-order valence-corrected chi connectivity index (χ4v) is 6.29. The number of anilines is 1. The van der Waals surface area contributed by atoms with E-state index >= 15 is 0 Å². The highest BCUT2D eigenvalue weighted by atomic mass is 32.2. The van der Waals surface area contributed by atoms with Gasteiger partial charge in [0, 0.05) is 37.2 Å². The van der Waals surface area contributed by atoms with E-state index in [-0.39, 0.29) is 34.8 Å². The molecule has 2 heterocycles. The molecule has 7 heteroatoms. The Morgan fingerprint density at radius 1 is 1.16 bits per heavy atom. The van der Waals surface area contributed by atoms with E-state index in [1.54, 1.807) is 11.9 Å². The van der Waals surface area contributed by atoms with Crippen molar-refractivity contribution in [3.8, 4) is 0 Å². The van der Waals surface area contributed by atoms with Gasteiger partial charge in [-0.25, -0.2) is 13.4 Å². The molecule has 1 atom stereocenters. The molecule has 0 bridgehead atoms. The summed E-state index contributed by atoms with van der Waals surface area (Å²) in [6.07, 6.45) is 3.63. The number of benzene rings is 1. The van der Waals surface area contributed by atoms with Gasteiger partial charge in [-0.1, -0.05) is 44.2 Å². The zero-order valence-electron chi connectivity index (χ0n) is 18.5. The van der Waals surface area contributed by atoms with E-state index in [1.807, 2.05) is 18.3 Å². The van der Waals surface area contributed by atoms with E-state index in [0.29, 0.717) is 19.4 Å². The zero-order valence-corrected chi connectivity index (χ0v) is 19.3. The molecule has 4 rings (SSSR count). The van der Waals surface area contributed by atoms with Gasteiger partial charge in [0.2, 0.25) is 5.91 Å². The predicted molar refractivity (Wildman–Crippen MR) is 123 cm³/mol. The second kappa shape index (κ2) is 8.26. The van der Waals surface area contributed by atoms with Gasteiger partial charge in [0.15, 0.2) is 0 Å². The summed E-state index contributed by atoms with van der Waals surface area (Å²) in [5, 5.41) is 3.59. The molecule has 31 heavy (non-hydrogen) atoms. The number of fused-ring (bicyclic) bond motifs is 1. The van der Waals surface area contributed by atoms with Crippen LogP contribution in [0.1, 0.15) is 43.4 Å². The van der Waals surface area contributed by atoms with Gasteiger partial charge in [0.1, 0.15) is 15.7 Å². The van der Waals surface area contributed by atoms with Crippen LogP contribution >= 0.6 is 0 Å². The Labute approximate surface area is 185 Å². The summed E-state index contributed by atoms with van der Waals surface area (Å²) in [6, 6.07) is 12.8. The van der Waals surface area contributed by atoms with Crippen LogP contribution in [0.25, 0.3) is 0 Å². The molecule has 1 amide bonds. The fourth-order valence-electron chi connectivity index (χ4n) is 4.80. The van der Waals surface area contributed by atoms with Gasteiger partial charge >= 0.3 is 0 Å². The van der Waals surface area contributed by atoms with Gasteiger partial charge < -0.3 is 10.2 Å². The first kappa shape index (κ1) is 21.8. The lowest BCUT2D eigenvalue weighted by atomic mass is 9.83. The Balaban J connectivity index is 1.35. The summed E-state index contributed by atoms with van der Waals surface area (Å²) in [7, 11) is -1.19. The molecule has 1 unspecified atom stereocenters. The maximum Gasteiger partial charge on any atom is 0.225 e. The van der Waals surface area contributed by atoms with Crippen molar-refractivity contribution in [2.75, 3.05) is 23.9 Å². The summed E-state index contributed by atoms with van der Waals surface area (Å²) < 4.78 is 23.2. The van der Waals surface area contributed by atoms with Crippen LogP contribution in [0.3, 0.4) is 0 Å².